The van der Waals surface area contributed by atoms with Gasteiger partial charge in [-0.1, -0.05) is 61.4 Å². The largest absolute Gasteiger partial charge is 0.479 e. The molecule has 0 bridgehead atoms. The minimum absolute atomic E-state index is 0.0261. The number of carboxylic acid groups (broad SMARTS) is 1. The fourth-order valence-electron chi connectivity index (χ4n) is 4.91. The number of ether oxygens (including phenoxy) is 2. The van der Waals surface area contributed by atoms with Crippen LogP contribution in [-0.2, 0) is 19.1 Å². The summed E-state index contributed by atoms with van der Waals surface area (Å²) in [4.78, 5) is 38.7. The zero-order chi connectivity index (χ0) is 23.7. The van der Waals surface area contributed by atoms with Gasteiger partial charge < -0.3 is 24.8 Å². The lowest BCUT2D eigenvalue weighted by Crippen LogP contribution is -2.55. The van der Waals surface area contributed by atoms with Crippen LogP contribution in [0.1, 0.15) is 36.3 Å². The van der Waals surface area contributed by atoms with E-state index in [4.69, 9.17) is 9.47 Å². The van der Waals surface area contributed by atoms with Crippen molar-refractivity contribution in [2.24, 2.45) is 5.92 Å². The molecule has 2 fully saturated rings. The summed E-state index contributed by atoms with van der Waals surface area (Å²) in [5, 5.41) is 12.0. The second-order valence-corrected chi connectivity index (χ2v) is 9.18. The maximum absolute atomic E-state index is 13.2. The lowest BCUT2D eigenvalue weighted by molar-refractivity contribution is -0.160. The summed E-state index contributed by atoms with van der Waals surface area (Å²) in [5.41, 5.74) is 4.54. The van der Waals surface area contributed by atoms with Crippen LogP contribution >= 0.6 is 0 Å². The van der Waals surface area contributed by atoms with Gasteiger partial charge in [0.15, 0.2) is 6.10 Å². The lowest BCUT2D eigenvalue weighted by atomic mass is 9.98. The van der Waals surface area contributed by atoms with Crippen molar-refractivity contribution in [2.75, 3.05) is 26.3 Å². The van der Waals surface area contributed by atoms with Gasteiger partial charge in [0.05, 0.1) is 13.2 Å². The molecule has 8 nitrogen and oxygen atoms in total. The van der Waals surface area contributed by atoms with Crippen molar-refractivity contribution >= 4 is 18.0 Å². The van der Waals surface area contributed by atoms with Crippen molar-refractivity contribution in [1.82, 2.24) is 10.2 Å². The minimum atomic E-state index is -1.10. The average molecular weight is 465 g/mol. The molecule has 34 heavy (non-hydrogen) atoms. The molecule has 0 radical (unpaired) electrons. The fourth-order valence-corrected chi connectivity index (χ4v) is 4.91. The molecule has 2 amide bonds. The molecule has 1 saturated carbocycles. The van der Waals surface area contributed by atoms with E-state index >= 15 is 0 Å². The Kier molecular flexibility index (Phi) is 6.24. The van der Waals surface area contributed by atoms with Crippen LogP contribution in [0.2, 0.25) is 0 Å². The molecule has 2 aliphatic carbocycles. The number of nitrogens with one attached hydrogen (secondary N) is 1. The number of nitrogens with zero attached hydrogens (tertiary/aromatic N) is 1. The summed E-state index contributed by atoms with van der Waals surface area (Å²) in [7, 11) is 0. The van der Waals surface area contributed by atoms with Gasteiger partial charge >= 0.3 is 12.1 Å². The first-order valence-corrected chi connectivity index (χ1v) is 11.8. The van der Waals surface area contributed by atoms with Crippen LogP contribution < -0.4 is 5.32 Å². The summed E-state index contributed by atoms with van der Waals surface area (Å²) in [6.45, 7) is 0.602. The summed E-state index contributed by atoms with van der Waals surface area (Å²) in [6, 6.07) is 15.5. The molecule has 2 atom stereocenters. The van der Waals surface area contributed by atoms with Gasteiger partial charge in [0.2, 0.25) is 5.91 Å². The Morgan fingerprint density at radius 2 is 1.71 bits per heavy atom. The number of alkyl carbamates (subject to hydrolysis) is 1. The molecule has 0 aromatic heterocycles. The molecule has 2 aromatic rings. The van der Waals surface area contributed by atoms with Gasteiger partial charge in [-0.05, 0) is 34.6 Å². The highest BCUT2D eigenvalue weighted by Crippen LogP contribution is 2.44. The molecule has 2 unspecified atom stereocenters. The van der Waals surface area contributed by atoms with Gasteiger partial charge in [-0.25, -0.2) is 9.59 Å². The van der Waals surface area contributed by atoms with E-state index < -0.39 is 24.2 Å². The predicted octanol–water partition coefficient (Wildman–Crippen LogP) is 3.01. The Labute approximate surface area is 197 Å². The number of fused-ring (bicyclic) bond motifs is 3. The molecule has 8 heteroatoms. The van der Waals surface area contributed by atoms with E-state index in [1.54, 1.807) is 0 Å². The molecule has 1 saturated heterocycles. The summed E-state index contributed by atoms with van der Waals surface area (Å²) >= 11 is 0. The smallest absolute Gasteiger partial charge is 0.407 e. The number of benzene rings is 2. The van der Waals surface area contributed by atoms with E-state index in [2.05, 4.69) is 29.6 Å². The SMILES string of the molecule is O=C(NC(CC1CC1)C(=O)N1CCOC(C(=O)O)C1)OCC1c2ccccc2-c2ccccc21. The first-order chi connectivity index (χ1) is 16.5. The van der Waals surface area contributed by atoms with Gasteiger partial charge in [-0.2, -0.15) is 0 Å². The van der Waals surface area contributed by atoms with Crippen LogP contribution in [0.15, 0.2) is 48.5 Å². The van der Waals surface area contributed by atoms with Crippen LogP contribution in [-0.4, -0.2) is 66.4 Å². The number of hydrogen-bond donors (Lipinski definition) is 2. The van der Waals surface area contributed by atoms with Crippen LogP contribution in [0.4, 0.5) is 4.79 Å². The van der Waals surface area contributed by atoms with E-state index in [1.807, 2.05) is 24.3 Å². The number of carbonyl (C=O) groups excluding carboxylic acids is 2. The molecule has 0 spiro atoms. The zero-order valence-corrected chi connectivity index (χ0v) is 18.8. The first kappa shape index (κ1) is 22.4. The van der Waals surface area contributed by atoms with Gasteiger partial charge in [0.1, 0.15) is 12.6 Å². The Morgan fingerprint density at radius 3 is 2.32 bits per heavy atom. The molecular weight excluding hydrogens is 436 g/mol. The first-order valence-electron chi connectivity index (χ1n) is 11.8. The summed E-state index contributed by atoms with van der Waals surface area (Å²) in [6.07, 6.45) is 0.893. The van der Waals surface area contributed by atoms with Crippen LogP contribution in [0.25, 0.3) is 11.1 Å². The number of carbonyl (C=O) groups is 3. The van der Waals surface area contributed by atoms with Crippen molar-refractivity contribution in [2.45, 2.75) is 37.3 Å². The second kappa shape index (κ2) is 9.46. The Bertz CT molecular complexity index is 1050. The highest BCUT2D eigenvalue weighted by Gasteiger charge is 2.37. The standard InChI is InChI=1S/C26H28N2O6/c29-24(28-11-12-33-23(14-28)25(30)31)22(13-16-9-10-16)27-26(32)34-15-21-19-7-3-1-5-17(19)18-6-2-4-8-20(18)21/h1-8,16,21-23H,9-15H2,(H,27,32)(H,30,31). The number of aliphatic carboxylic acids is 1. The van der Waals surface area contributed by atoms with Crippen LogP contribution in [0.3, 0.4) is 0 Å². The highest BCUT2D eigenvalue weighted by molar-refractivity contribution is 5.86. The molecule has 1 aliphatic heterocycles. The third kappa shape index (κ3) is 4.63. The molecule has 3 aliphatic rings. The van der Waals surface area contributed by atoms with Crippen LogP contribution in [0, 0.1) is 5.92 Å². The average Bonchev–Trinajstić information content (AvgIpc) is 3.62. The zero-order valence-electron chi connectivity index (χ0n) is 18.8. The van der Waals surface area contributed by atoms with Crippen molar-refractivity contribution in [3.63, 3.8) is 0 Å². The molecule has 1 heterocycles. The molecule has 2 aromatic carbocycles. The number of rotatable bonds is 7. The second-order valence-electron chi connectivity index (χ2n) is 9.18. The Balaban J connectivity index is 1.24. The maximum Gasteiger partial charge on any atom is 0.407 e. The van der Waals surface area contributed by atoms with Crippen molar-refractivity contribution < 1.29 is 29.0 Å². The minimum Gasteiger partial charge on any atom is -0.479 e. The third-order valence-corrected chi connectivity index (χ3v) is 6.85. The topological polar surface area (TPSA) is 105 Å². The van der Waals surface area contributed by atoms with Crippen LogP contribution in [0.5, 0.6) is 0 Å². The molecule has 5 rings (SSSR count). The van der Waals surface area contributed by atoms with Gasteiger partial charge in [-0.15, -0.1) is 0 Å². The summed E-state index contributed by atoms with van der Waals surface area (Å²) in [5.74, 6) is -1.05. The Morgan fingerprint density at radius 1 is 1.06 bits per heavy atom. The van der Waals surface area contributed by atoms with E-state index in [-0.39, 0.29) is 31.6 Å². The molecule has 178 valence electrons. The number of carboxylic acids is 1. The third-order valence-electron chi connectivity index (χ3n) is 6.85. The number of morpholine rings is 1. The van der Waals surface area contributed by atoms with Crippen molar-refractivity contribution in [1.29, 1.82) is 0 Å². The maximum atomic E-state index is 13.2. The van der Waals surface area contributed by atoms with Gasteiger partial charge in [0.25, 0.3) is 0 Å². The monoisotopic (exact) mass is 464 g/mol. The Hall–Kier alpha value is -3.39. The normalized spacial score (nSPS) is 20.2. The number of amides is 2. The molecular formula is C26H28N2O6. The van der Waals surface area contributed by atoms with E-state index in [0.29, 0.717) is 18.9 Å². The lowest BCUT2D eigenvalue weighted by Gasteiger charge is -2.33. The quantitative estimate of drug-likeness (QED) is 0.653. The van der Waals surface area contributed by atoms with Gasteiger partial charge in [-0.3, -0.25) is 4.79 Å². The molecule has 2 N–H and O–H groups in total. The van der Waals surface area contributed by atoms with Crippen molar-refractivity contribution in [3.8, 4) is 11.1 Å². The summed E-state index contributed by atoms with van der Waals surface area (Å²) < 4.78 is 10.9. The van der Waals surface area contributed by atoms with Crippen molar-refractivity contribution in [3.05, 3.63) is 59.7 Å². The number of hydrogen-bond acceptors (Lipinski definition) is 5. The van der Waals surface area contributed by atoms with Gasteiger partial charge in [0, 0.05) is 12.5 Å². The van der Waals surface area contributed by atoms with E-state index in [1.165, 1.54) is 4.90 Å². The van der Waals surface area contributed by atoms with E-state index in [0.717, 1.165) is 35.1 Å². The van der Waals surface area contributed by atoms with E-state index in [9.17, 15) is 19.5 Å². The predicted molar refractivity (Wildman–Crippen MR) is 123 cm³/mol. The fraction of sp³-hybridized carbons (Fsp3) is 0.423. The highest BCUT2D eigenvalue weighted by atomic mass is 16.5.